The molecule has 1 rings (SSSR count). The fourth-order valence-corrected chi connectivity index (χ4v) is 1.13. The first kappa shape index (κ1) is 15.4. The van der Waals surface area contributed by atoms with E-state index in [1.807, 2.05) is 0 Å². The van der Waals surface area contributed by atoms with Crippen molar-refractivity contribution in [2.45, 2.75) is 12.6 Å². The lowest BCUT2D eigenvalue weighted by Gasteiger charge is -2.14. The van der Waals surface area contributed by atoms with Crippen molar-refractivity contribution < 1.29 is 44.3 Å². The van der Waals surface area contributed by atoms with Gasteiger partial charge in [-0.3, -0.25) is 0 Å². The van der Waals surface area contributed by atoms with E-state index in [-0.39, 0.29) is 0 Å². The highest BCUT2D eigenvalue weighted by Crippen LogP contribution is 2.39. The molecule has 19 heavy (non-hydrogen) atoms. The maximum absolute atomic E-state index is 13.0. The summed E-state index contributed by atoms with van der Waals surface area (Å²) in [5.41, 5.74) is -2.80. The van der Waals surface area contributed by atoms with E-state index in [9.17, 15) is 39.5 Å². The van der Waals surface area contributed by atoms with Gasteiger partial charge in [0, 0.05) is 0 Å². The van der Waals surface area contributed by atoms with Crippen LogP contribution in [0.15, 0.2) is 0 Å². The summed E-state index contributed by atoms with van der Waals surface area (Å²) in [6.45, 7) is -1.64. The van der Waals surface area contributed by atoms with Crippen LogP contribution in [0.5, 0.6) is 5.75 Å². The van der Waals surface area contributed by atoms with E-state index in [0.29, 0.717) is 0 Å². The molecule has 1 aromatic carbocycles. The lowest BCUT2D eigenvalue weighted by Crippen LogP contribution is -2.17. The first-order valence-electron chi connectivity index (χ1n) is 4.41. The lowest BCUT2D eigenvalue weighted by molar-refractivity contribution is -0.143. The Hall–Kier alpha value is -1.61. The van der Waals surface area contributed by atoms with E-state index >= 15 is 0 Å². The number of rotatable bonds is 3. The Labute approximate surface area is 99.1 Å². The molecule has 1 nitrogen and oxygen atoms in total. The number of halogens is 9. The number of hydrogen-bond acceptors (Lipinski definition) is 1. The number of alkyl halides is 5. The Balaban J connectivity index is 3.39. The lowest BCUT2D eigenvalue weighted by atomic mass is 10.1. The summed E-state index contributed by atoms with van der Waals surface area (Å²) in [5.74, 6) is -12.6. The zero-order chi connectivity index (χ0) is 15.0. The highest BCUT2D eigenvalue weighted by molar-refractivity contribution is 5.35. The van der Waals surface area contributed by atoms with Crippen molar-refractivity contribution in [2.75, 3.05) is 6.61 Å². The van der Waals surface area contributed by atoms with Gasteiger partial charge in [0.25, 0.3) is 6.43 Å². The molecule has 0 unspecified atom stereocenters. The fraction of sp³-hybridized carbons (Fsp3) is 0.333. The highest BCUT2D eigenvalue weighted by Gasteiger charge is 2.42. The summed E-state index contributed by atoms with van der Waals surface area (Å²) in [7, 11) is 0. The van der Waals surface area contributed by atoms with Crippen LogP contribution in [0.3, 0.4) is 0 Å². The van der Waals surface area contributed by atoms with Gasteiger partial charge >= 0.3 is 6.18 Å². The van der Waals surface area contributed by atoms with Crippen LogP contribution in [0.1, 0.15) is 5.56 Å². The van der Waals surface area contributed by atoms with Gasteiger partial charge in [0.1, 0.15) is 12.2 Å². The van der Waals surface area contributed by atoms with Gasteiger partial charge in [0.2, 0.25) is 11.6 Å². The molecule has 0 amide bonds. The summed E-state index contributed by atoms with van der Waals surface area (Å²) in [5, 5.41) is 0. The van der Waals surface area contributed by atoms with Gasteiger partial charge in [-0.1, -0.05) is 0 Å². The van der Waals surface area contributed by atoms with Gasteiger partial charge in [-0.2, -0.15) is 22.0 Å². The molecule has 0 N–H and O–H groups in total. The van der Waals surface area contributed by atoms with Crippen LogP contribution in [0.25, 0.3) is 0 Å². The second kappa shape index (κ2) is 5.17. The predicted molar refractivity (Wildman–Crippen MR) is 42.8 cm³/mol. The van der Waals surface area contributed by atoms with Gasteiger partial charge in [-0.05, 0) is 0 Å². The highest BCUT2D eigenvalue weighted by atomic mass is 19.4. The first-order chi connectivity index (χ1) is 8.57. The van der Waals surface area contributed by atoms with Gasteiger partial charge in [0.05, 0.1) is 0 Å². The molecular weight excluding hydrogens is 295 g/mol. The quantitative estimate of drug-likeness (QED) is 0.607. The zero-order valence-electron chi connectivity index (χ0n) is 8.59. The van der Waals surface area contributed by atoms with Crippen LogP contribution in [-0.4, -0.2) is 13.0 Å². The van der Waals surface area contributed by atoms with Crippen molar-refractivity contribution in [1.82, 2.24) is 0 Å². The smallest absolute Gasteiger partial charge is 0.422 e. The largest absolute Gasteiger partial charge is 0.481 e. The van der Waals surface area contributed by atoms with Gasteiger partial charge in [-0.15, -0.1) is 0 Å². The van der Waals surface area contributed by atoms with Crippen molar-refractivity contribution in [3.8, 4) is 5.75 Å². The minimum Gasteiger partial charge on any atom is -0.481 e. The van der Waals surface area contributed by atoms with Gasteiger partial charge in [-0.25, -0.2) is 17.6 Å². The fourth-order valence-electron chi connectivity index (χ4n) is 1.13. The molecule has 0 saturated heterocycles. The third-order valence-electron chi connectivity index (χ3n) is 1.86. The third-order valence-corrected chi connectivity index (χ3v) is 1.86. The first-order valence-corrected chi connectivity index (χ1v) is 4.41. The monoisotopic (exact) mass is 298 g/mol. The molecule has 108 valence electrons. The average molecular weight is 298 g/mol. The number of benzene rings is 1. The zero-order valence-corrected chi connectivity index (χ0v) is 8.59. The molecule has 0 aliphatic rings. The molecule has 0 atom stereocenters. The summed E-state index contributed by atoms with van der Waals surface area (Å²) in [6.07, 6.45) is -8.94. The molecule has 0 spiro atoms. The average Bonchev–Trinajstić information content (AvgIpc) is 2.24. The van der Waals surface area contributed by atoms with Crippen molar-refractivity contribution in [3.63, 3.8) is 0 Å². The summed E-state index contributed by atoms with van der Waals surface area (Å²) >= 11 is 0. The van der Waals surface area contributed by atoms with Gasteiger partial charge < -0.3 is 4.74 Å². The van der Waals surface area contributed by atoms with Crippen LogP contribution >= 0.6 is 0 Å². The van der Waals surface area contributed by atoms with E-state index < -0.39 is 53.8 Å². The molecule has 10 heteroatoms. The molecule has 0 fully saturated rings. The van der Waals surface area contributed by atoms with Crippen molar-refractivity contribution in [1.29, 1.82) is 0 Å². The molecule has 0 aromatic heterocycles. The summed E-state index contributed by atoms with van der Waals surface area (Å²) in [6, 6.07) is 0. The van der Waals surface area contributed by atoms with E-state index in [2.05, 4.69) is 4.74 Å². The van der Waals surface area contributed by atoms with Crippen LogP contribution in [0.4, 0.5) is 39.5 Å². The number of ether oxygens (including phenoxy) is 1. The maximum Gasteiger partial charge on any atom is 0.422 e. The van der Waals surface area contributed by atoms with E-state index in [0.717, 1.165) is 0 Å². The summed E-state index contributed by atoms with van der Waals surface area (Å²) < 4.78 is 116. The SMILES string of the molecule is Fc1c(F)c(C(F)(F)F)c(F)c(F)c1OCC(F)F. The van der Waals surface area contributed by atoms with E-state index in [1.165, 1.54) is 0 Å². The van der Waals surface area contributed by atoms with Gasteiger partial charge in [0.15, 0.2) is 17.4 Å². The van der Waals surface area contributed by atoms with Crippen LogP contribution in [0, 0.1) is 23.3 Å². The standard InChI is InChI=1S/C9H3F9O/c10-2(11)1-19-8-6(14)4(12)3(9(16,17)18)5(13)7(8)15/h2H,1H2. The Bertz CT molecular complexity index is 451. The summed E-state index contributed by atoms with van der Waals surface area (Å²) in [4.78, 5) is 0. The Kier molecular flexibility index (Phi) is 4.21. The maximum atomic E-state index is 13.0. The third kappa shape index (κ3) is 3.04. The van der Waals surface area contributed by atoms with E-state index in [4.69, 9.17) is 0 Å². The minimum atomic E-state index is -5.70. The molecule has 0 aliphatic carbocycles. The molecule has 0 bridgehead atoms. The van der Waals surface area contributed by atoms with Crippen molar-refractivity contribution >= 4 is 0 Å². The normalized spacial score (nSPS) is 12.1. The molecule has 1 aromatic rings. The van der Waals surface area contributed by atoms with Crippen LogP contribution < -0.4 is 4.74 Å². The Morgan fingerprint density at radius 1 is 0.842 bits per heavy atom. The second-order valence-corrected chi connectivity index (χ2v) is 3.16. The Morgan fingerprint density at radius 3 is 1.58 bits per heavy atom. The molecule has 0 aliphatic heterocycles. The van der Waals surface area contributed by atoms with E-state index in [1.54, 1.807) is 0 Å². The molecule has 0 heterocycles. The van der Waals surface area contributed by atoms with Crippen LogP contribution in [0.2, 0.25) is 0 Å². The molecule has 0 radical (unpaired) electrons. The van der Waals surface area contributed by atoms with Crippen molar-refractivity contribution in [3.05, 3.63) is 28.8 Å². The Morgan fingerprint density at radius 2 is 1.26 bits per heavy atom. The predicted octanol–water partition coefficient (Wildman–Crippen LogP) is 3.91. The minimum absolute atomic E-state index is 1.64. The van der Waals surface area contributed by atoms with Crippen LogP contribution in [-0.2, 0) is 6.18 Å². The molecular formula is C9H3F9O. The van der Waals surface area contributed by atoms with Crippen molar-refractivity contribution in [2.24, 2.45) is 0 Å². The topological polar surface area (TPSA) is 9.23 Å². The second-order valence-electron chi connectivity index (χ2n) is 3.16. The molecule has 0 saturated carbocycles. The number of hydrogen-bond donors (Lipinski definition) is 0.